The summed E-state index contributed by atoms with van der Waals surface area (Å²) >= 11 is 0. The number of hydrogen-bond donors (Lipinski definition) is 1. The molecule has 0 saturated carbocycles. The maximum atomic E-state index is 11.0. The molecule has 0 spiro atoms. The first kappa shape index (κ1) is 13.7. The number of aldehydes is 1. The Bertz CT molecular complexity index is 629. The van der Waals surface area contributed by atoms with Gasteiger partial charge in [0.1, 0.15) is 12.0 Å². The van der Waals surface area contributed by atoms with E-state index in [2.05, 4.69) is 10.3 Å². The standard InChI is InChI=1S/C14H13N3O3/c1-10(12-4-2-3-7-15-12)16-13-6-5-11(9-18)8-14(13)17(19)20/h2-10,16H,1H3. The van der Waals surface area contributed by atoms with Crippen molar-refractivity contribution in [1.82, 2.24) is 4.98 Å². The molecule has 0 aliphatic carbocycles. The third kappa shape index (κ3) is 2.97. The largest absolute Gasteiger partial charge is 0.371 e. The van der Waals surface area contributed by atoms with Gasteiger partial charge in [0.05, 0.1) is 16.7 Å². The van der Waals surface area contributed by atoms with E-state index in [1.165, 1.54) is 18.2 Å². The molecule has 102 valence electrons. The molecule has 0 aliphatic heterocycles. The van der Waals surface area contributed by atoms with E-state index in [1.54, 1.807) is 12.3 Å². The highest BCUT2D eigenvalue weighted by molar-refractivity contribution is 5.79. The minimum Gasteiger partial charge on any atom is -0.371 e. The number of pyridine rings is 1. The average Bonchev–Trinajstić information content (AvgIpc) is 2.48. The van der Waals surface area contributed by atoms with Gasteiger partial charge in [-0.2, -0.15) is 0 Å². The first-order valence-corrected chi connectivity index (χ1v) is 6.03. The van der Waals surface area contributed by atoms with Gasteiger partial charge in [-0.3, -0.25) is 19.9 Å². The van der Waals surface area contributed by atoms with Crippen molar-refractivity contribution in [2.45, 2.75) is 13.0 Å². The number of nitro benzene ring substituents is 1. The fourth-order valence-electron chi connectivity index (χ4n) is 1.83. The summed E-state index contributed by atoms with van der Waals surface area (Å²) in [6.45, 7) is 1.86. The molecule has 6 heteroatoms. The molecule has 0 amide bonds. The van der Waals surface area contributed by atoms with Gasteiger partial charge in [-0.25, -0.2) is 0 Å². The second-order valence-corrected chi connectivity index (χ2v) is 4.27. The van der Waals surface area contributed by atoms with E-state index in [0.717, 1.165) is 5.69 Å². The van der Waals surface area contributed by atoms with E-state index >= 15 is 0 Å². The van der Waals surface area contributed by atoms with Crippen LogP contribution in [0.5, 0.6) is 0 Å². The molecule has 2 rings (SSSR count). The van der Waals surface area contributed by atoms with Crippen LogP contribution >= 0.6 is 0 Å². The molecule has 0 saturated heterocycles. The van der Waals surface area contributed by atoms with Crippen LogP contribution in [-0.2, 0) is 0 Å². The van der Waals surface area contributed by atoms with Crippen LogP contribution in [0.25, 0.3) is 0 Å². The minimum absolute atomic E-state index is 0.127. The van der Waals surface area contributed by atoms with E-state index in [1.807, 2.05) is 19.1 Å². The van der Waals surface area contributed by atoms with Crippen molar-refractivity contribution in [2.75, 3.05) is 5.32 Å². The Hall–Kier alpha value is -2.76. The molecule has 2 aromatic rings. The quantitative estimate of drug-likeness (QED) is 0.513. The summed E-state index contributed by atoms with van der Waals surface area (Å²) in [4.78, 5) is 25.4. The Morgan fingerprint density at radius 1 is 1.35 bits per heavy atom. The molecule has 0 fully saturated rings. The van der Waals surface area contributed by atoms with Gasteiger partial charge in [-0.15, -0.1) is 0 Å². The third-order valence-electron chi connectivity index (χ3n) is 2.86. The van der Waals surface area contributed by atoms with Gasteiger partial charge in [0.15, 0.2) is 0 Å². The van der Waals surface area contributed by atoms with Gasteiger partial charge >= 0.3 is 0 Å². The Labute approximate surface area is 115 Å². The van der Waals surface area contributed by atoms with Crippen LogP contribution in [0.1, 0.15) is 29.0 Å². The monoisotopic (exact) mass is 271 g/mol. The zero-order valence-corrected chi connectivity index (χ0v) is 10.8. The summed E-state index contributed by atoms with van der Waals surface area (Å²) in [5.41, 5.74) is 1.28. The van der Waals surface area contributed by atoms with E-state index in [-0.39, 0.29) is 17.3 Å². The number of benzene rings is 1. The van der Waals surface area contributed by atoms with Gasteiger partial charge in [0.2, 0.25) is 0 Å². The highest BCUT2D eigenvalue weighted by atomic mass is 16.6. The normalized spacial score (nSPS) is 11.7. The fourth-order valence-corrected chi connectivity index (χ4v) is 1.83. The molecular formula is C14H13N3O3. The van der Waals surface area contributed by atoms with Crippen molar-refractivity contribution < 1.29 is 9.72 Å². The first-order valence-electron chi connectivity index (χ1n) is 6.03. The Morgan fingerprint density at radius 2 is 2.15 bits per heavy atom. The lowest BCUT2D eigenvalue weighted by atomic mass is 10.1. The topological polar surface area (TPSA) is 85.1 Å². The molecule has 1 aromatic carbocycles. The molecular weight excluding hydrogens is 258 g/mol. The average molecular weight is 271 g/mol. The van der Waals surface area contributed by atoms with Crippen LogP contribution in [0.15, 0.2) is 42.6 Å². The summed E-state index contributed by atoms with van der Waals surface area (Å²) in [6.07, 6.45) is 2.25. The van der Waals surface area contributed by atoms with Crippen molar-refractivity contribution in [1.29, 1.82) is 0 Å². The molecule has 1 heterocycles. The van der Waals surface area contributed by atoms with E-state index in [9.17, 15) is 14.9 Å². The molecule has 1 aromatic heterocycles. The van der Waals surface area contributed by atoms with Crippen molar-refractivity contribution in [3.63, 3.8) is 0 Å². The predicted octanol–water partition coefficient (Wildman–Crippen LogP) is 2.98. The smallest absolute Gasteiger partial charge is 0.293 e. The molecule has 6 nitrogen and oxygen atoms in total. The second kappa shape index (κ2) is 5.92. The molecule has 1 unspecified atom stereocenters. The molecule has 0 aliphatic rings. The fraction of sp³-hybridized carbons (Fsp3) is 0.143. The van der Waals surface area contributed by atoms with Crippen LogP contribution in [0.2, 0.25) is 0 Å². The van der Waals surface area contributed by atoms with Crippen LogP contribution < -0.4 is 5.32 Å². The van der Waals surface area contributed by atoms with Crippen molar-refractivity contribution in [2.24, 2.45) is 0 Å². The zero-order chi connectivity index (χ0) is 14.5. The van der Waals surface area contributed by atoms with E-state index in [0.29, 0.717) is 12.0 Å². The molecule has 20 heavy (non-hydrogen) atoms. The number of nitro groups is 1. The van der Waals surface area contributed by atoms with Crippen molar-refractivity contribution in [3.05, 3.63) is 64.0 Å². The van der Waals surface area contributed by atoms with Crippen molar-refractivity contribution >= 4 is 17.7 Å². The molecule has 1 N–H and O–H groups in total. The van der Waals surface area contributed by atoms with Gasteiger partial charge in [-0.1, -0.05) is 6.07 Å². The number of carbonyl (C=O) groups is 1. The number of nitrogens with one attached hydrogen (secondary N) is 1. The van der Waals surface area contributed by atoms with E-state index < -0.39 is 4.92 Å². The Morgan fingerprint density at radius 3 is 2.75 bits per heavy atom. The van der Waals surface area contributed by atoms with Gasteiger partial charge in [0, 0.05) is 17.8 Å². The molecule has 0 radical (unpaired) electrons. The summed E-state index contributed by atoms with van der Waals surface area (Å²) in [6, 6.07) is 9.62. The summed E-state index contributed by atoms with van der Waals surface area (Å²) in [7, 11) is 0. The molecule has 1 atom stereocenters. The maximum Gasteiger partial charge on any atom is 0.293 e. The minimum atomic E-state index is -0.513. The zero-order valence-electron chi connectivity index (χ0n) is 10.8. The van der Waals surface area contributed by atoms with Gasteiger partial charge in [0.25, 0.3) is 5.69 Å². The number of carbonyl (C=O) groups excluding carboxylic acids is 1. The highest BCUT2D eigenvalue weighted by Crippen LogP contribution is 2.28. The predicted molar refractivity (Wildman–Crippen MR) is 74.8 cm³/mol. The lowest BCUT2D eigenvalue weighted by Crippen LogP contribution is -2.09. The lowest BCUT2D eigenvalue weighted by Gasteiger charge is -2.14. The Kier molecular flexibility index (Phi) is 4.05. The summed E-state index contributed by atoms with van der Waals surface area (Å²) < 4.78 is 0. The number of anilines is 1. The lowest BCUT2D eigenvalue weighted by molar-refractivity contribution is -0.384. The number of rotatable bonds is 5. The van der Waals surface area contributed by atoms with Crippen LogP contribution in [0.3, 0.4) is 0 Å². The van der Waals surface area contributed by atoms with Gasteiger partial charge < -0.3 is 5.32 Å². The highest BCUT2D eigenvalue weighted by Gasteiger charge is 2.17. The third-order valence-corrected chi connectivity index (χ3v) is 2.86. The van der Waals surface area contributed by atoms with E-state index in [4.69, 9.17) is 0 Å². The van der Waals surface area contributed by atoms with Crippen LogP contribution in [-0.4, -0.2) is 16.2 Å². The van der Waals surface area contributed by atoms with Crippen molar-refractivity contribution in [3.8, 4) is 0 Å². The summed E-state index contributed by atoms with van der Waals surface area (Å²) in [5.74, 6) is 0. The number of nitrogens with zero attached hydrogens (tertiary/aromatic N) is 2. The first-order chi connectivity index (χ1) is 9.61. The summed E-state index contributed by atoms with van der Waals surface area (Å²) in [5, 5.41) is 14.1. The van der Waals surface area contributed by atoms with Crippen LogP contribution in [0, 0.1) is 10.1 Å². The maximum absolute atomic E-state index is 11.0. The molecule has 0 bridgehead atoms. The van der Waals surface area contributed by atoms with Gasteiger partial charge in [-0.05, 0) is 31.2 Å². The van der Waals surface area contributed by atoms with Crippen LogP contribution in [0.4, 0.5) is 11.4 Å². The second-order valence-electron chi connectivity index (χ2n) is 4.27. The number of hydrogen-bond acceptors (Lipinski definition) is 5. The number of aromatic nitrogens is 1. The SMILES string of the molecule is CC(Nc1ccc(C=O)cc1[N+](=O)[O-])c1ccccn1. The Balaban J connectivity index is 2.29.